The minimum absolute atomic E-state index is 0.0142. The first kappa shape index (κ1) is 16.0. The van der Waals surface area contributed by atoms with Crippen LogP contribution in [0.1, 0.15) is 0 Å². The number of amides is 1. The third-order valence-corrected chi connectivity index (χ3v) is 2.87. The van der Waals surface area contributed by atoms with Gasteiger partial charge >= 0.3 is 6.61 Å². The highest BCUT2D eigenvalue weighted by atomic mass is 35.5. The number of halogens is 3. The summed E-state index contributed by atoms with van der Waals surface area (Å²) < 4.78 is 33.5. The normalized spacial score (nSPS) is 10.4. The van der Waals surface area contributed by atoms with E-state index in [2.05, 4.69) is 10.1 Å². The Morgan fingerprint density at radius 3 is 2.45 bits per heavy atom. The maximum Gasteiger partial charge on any atom is 0.387 e. The number of rotatable bonds is 6. The minimum atomic E-state index is -2.88. The average Bonchev–Trinajstić information content (AvgIpc) is 2.48. The van der Waals surface area contributed by atoms with Gasteiger partial charge in [-0.15, -0.1) is 0 Å². The van der Waals surface area contributed by atoms with Crippen molar-refractivity contribution in [2.24, 2.45) is 0 Å². The van der Waals surface area contributed by atoms with Crippen molar-refractivity contribution >= 4 is 23.2 Å². The van der Waals surface area contributed by atoms with Crippen LogP contribution in [0.25, 0.3) is 0 Å². The molecular formula is C15H12ClF2NO3. The van der Waals surface area contributed by atoms with Crippen LogP contribution < -0.4 is 14.8 Å². The van der Waals surface area contributed by atoms with E-state index in [1.54, 1.807) is 24.3 Å². The lowest BCUT2D eigenvalue weighted by Crippen LogP contribution is -2.20. The first-order valence-corrected chi connectivity index (χ1v) is 6.64. The number of ether oxygens (including phenoxy) is 2. The number of carbonyl (C=O) groups excluding carboxylic acids is 1. The fraction of sp³-hybridized carbons (Fsp3) is 0.133. The Hall–Kier alpha value is -2.34. The average molecular weight is 328 g/mol. The van der Waals surface area contributed by atoms with Gasteiger partial charge in [-0.2, -0.15) is 8.78 Å². The lowest BCUT2D eigenvalue weighted by Gasteiger charge is -2.09. The second kappa shape index (κ2) is 7.61. The summed E-state index contributed by atoms with van der Waals surface area (Å²) >= 11 is 5.89. The molecule has 1 N–H and O–H groups in total. The number of carbonyl (C=O) groups is 1. The fourth-order valence-electron chi connectivity index (χ4n) is 1.62. The molecule has 0 spiro atoms. The molecule has 0 radical (unpaired) electrons. The zero-order valence-electron chi connectivity index (χ0n) is 11.3. The van der Waals surface area contributed by atoms with Gasteiger partial charge in [-0.1, -0.05) is 23.7 Å². The number of para-hydroxylation sites is 1. The largest absolute Gasteiger partial charge is 0.482 e. The Morgan fingerprint density at radius 1 is 1.14 bits per heavy atom. The van der Waals surface area contributed by atoms with Gasteiger partial charge in [0, 0.05) is 5.69 Å². The standard InChI is InChI=1S/C15H12ClF2NO3/c16-12-3-1-2-4-13(12)21-9-14(20)19-10-5-7-11(8-6-10)22-15(17)18/h1-8,15H,9H2,(H,19,20). The van der Waals surface area contributed by atoms with E-state index in [1.807, 2.05) is 0 Å². The molecule has 0 saturated carbocycles. The van der Waals surface area contributed by atoms with Crippen LogP contribution in [0.4, 0.5) is 14.5 Å². The number of hydrogen-bond donors (Lipinski definition) is 1. The molecule has 0 aliphatic heterocycles. The monoisotopic (exact) mass is 327 g/mol. The third-order valence-electron chi connectivity index (χ3n) is 2.56. The molecule has 0 heterocycles. The second-order valence-electron chi connectivity index (χ2n) is 4.17. The van der Waals surface area contributed by atoms with Crippen LogP contribution in [0.15, 0.2) is 48.5 Å². The fourth-order valence-corrected chi connectivity index (χ4v) is 1.81. The number of benzene rings is 2. The highest BCUT2D eigenvalue weighted by Gasteiger charge is 2.07. The van der Waals surface area contributed by atoms with E-state index in [1.165, 1.54) is 24.3 Å². The van der Waals surface area contributed by atoms with Gasteiger partial charge in [-0.25, -0.2) is 0 Å². The second-order valence-corrected chi connectivity index (χ2v) is 4.58. The Kier molecular flexibility index (Phi) is 5.55. The predicted molar refractivity (Wildman–Crippen MR) is 78.7 cm³/mol. The predicted octanol–water partition coefficient (Wildman–Crippen LogP) is 3.96. The molecule has 2 aromatic rings. The molecule has 1 amide bonds. The summed E-state index contributed by atoms with van der Waals surface area (Å²) in [6.45, 7) is -3.11. The van der Waals surface area contributed by atoms with Crippen molar-refractivity contribution < 1.29 is 23.0 Å². The zero-order valence-corrected chi connectivity index (χ0v) is 12.0. The topological polar surface area (TPSA) is 47.6 Å². The Balaban J connectivity index is 1.85. The van der Waals surface area contributed by atoms with Crippen LogP contribution in [0.3, 0.4) is 0 Å². The highest BCUT2D eigenvalue weighted by molar-refractivity contribution is 6.32. The molecule has 116 valence electrons. The zero-order chi connectivity index (χ0) is 15.9. The summed E-state index contributed by atoms with van der Waals surface area (Å²) in [4.78, 5) is 11.7. The molecule has 7 heteroatoms. The van der Waals surface area contributed by atoms with Gasteiger partial charge < -0.3 is 14.8 Å². The first-order valence-electron chi connectivity index (χ1n) is 6.26. The molecule has 0 fully saturated rings. The Labute approximate surface area is 130 Å². The van der Waals surface area contributed by atoms with E-state index in [-0.39, 0.29) is 12.4 Å². The summed E-state index contributed by atoms with van der Waals surface area (Å²) in [5.74, 6) is 0.0164. The summed E-state index contributed by atoms with van der Waals surface area (Å²) in [6, 6.07) is 12.3. The molecule has 4 nitrogen and oxygen atoms in total. The first-order chi connectivity index (χ1) is 10.5. The van der Waals surface area contributed by atoms with Crippen molar-refractivity contribution in [3.63, 3.8) is 0 Å². The van der Waals surface area contributed by atoms with Crippen molar-refractivity contribution in [1.82, 2.24) is 0 Å². The molecule has 0 atom stereocenters. The Morgan fingerprint density at radius 2 is 1.82 bits per heavy atom. The van der Waals surface area contributed by atoms with Crippen molar-refractivity contribution in [2.75, 3.05) is 11.9 Å². The van der Waals surface area contributed by atoms with Crippen LogP contribution >= 0.6 is 11.6 Å². The SMILES string of the molecule is O=C(COc1ccccc1Cl)Nc1ccc(OC(F)F)cc1. The van der Waals surface area contributed by atoms with Gasteiger partial charge in [0.1, 0.15) is 11.5 Å². The van der Waals surface area contributed by atoms with Crippen LogP contribution in [0, 0.1) is 0 Å². The van der Waals surface area contributed by atoms with Crippen LogP contribution in [0.2, 0.25) is 5.02 Å². The summed E-state index contributed by atoms with van der Waals surface area (Å²) in [6.07, 6.45) is 0. The molecule has 22 heavy (non-hydrogen) atoms. The molecule has 2 rings (SSSR count). The molecule has 0 aliphatic rings. The maximum atomic E-state index is 12.0. The number of anilines is 1. The van der Waals surface area contributed by atoms with E-state index in [0.29, 0.717) is 16.5 Å². The van der Waals surface area contributed by atoms with E-state index in [0.717, 1.165) is 0 Å². The molecule has 0 aliphatic carbocycles. The van der Waals surface area contributed by atoms with E-state index in [4.69, 9.17) is 16.3 Å². The van der Waals surface area contributed by atoms with Gasteiger partial charge in [-0.05, 0) is 36.4 Å². The van der Waals surface area contributed by atoms with Crippen LogP contribution in [0.5, 0.6) is 11.5 Å². The van der Waals surface area contributed by atoms with Gasteiger partial charge in [0.05, 0.1) is 5.02 Å². The minimum Gasteiger partial charge on any atom is -0.482 e. The molecular weight excluding hydrogens is 316 g/mol. The third kappa shape index (κ3) is 4.89. The number of hydrogen-bond acceptors (Lipinski definition) is 3. The van der Waals surface area contributed by atoms with Crippen molar-refractivity contribution in [3.8, 4) is 11.5 Å². The lowest BCUT2D eigenvalue weighted by atomic mass is 10.3. The summed E-state index contributed by atoms with van der Waals surface area (Å²) in [5.41, 5.74) is 0.439. The molecule has 0 bridgehead atoms. The van der Waals surface area contributed by atoms with E-state index in [9.17, 15) is 13.6 Å². The van der Waals surface area contributed by atoms with Crippen molar-refractivity contribution in [2.45, 2.75) is 6.61 Å². The highest BCUT2D eigenvalue weighted by Crippen LogP contribution is 2.23. The van der Waals surface area contributed by atoms with Gasteiger partial charge in [0.25, 0.3) is 5.91 Å². The Bertz CT molecular complexity index is 635. The van der Waals surface area contributed by atoms with E-state index >= 15 is 0 Å². The molecule has 0 saturated heterocycles. The lowest BCUT2D eigenvalue weighted by molar-refractivity contribution is -0.118. The molecule has 2 aromatic carbocycles. The van der Waals surface area contributed by atoms with Gasteiger partial charge in [-0.3, -0.25) is 4.79 Å². The van der Waals surface area contributed by atoms with Crippen molar-refractivity contribution in [1.29, 1.82) is 0 Å². The van der Waals surface area contributed by atoms with E-state index < -0.39 is 12.5 Å². The summed E-state index contributed by atoms with van der Waals surface area (Å²) in [7, 11) is 0. The number of nitrogens with one attached hydrogen (secondary N) is 1. The smallest absolute Gasteiger partial charge is 0.387 e. The maximum absolute atomic E-state index is 12.0. The number of alkyl halides is 2. The quantitative estimate of drug-likeness (QED) is 0.873. The van der Waals surface area contributed by atoms with Crippen LogP contribution in [-0.2, 0) is 4.79 Å². The van der Waals surface area contributed by atoms with Crippen LogP contribution in [-0.4, -0.2) is 19.1 Å². The molecule has 0 aromatic heterocycles. The molecule has 0 unspecified atom stereocenters. The van der Waals surface area contributed by atoms with Crippen molar-refractivity contribution in [3.05, 3.63) is 53.6 Å². The van der Waals surface area contributed by atoms with Gasteiger partial charge in [0.15, 0.2) is 6.61 Å². The van der Waals surface area contributed by atoms with Gasteiger partial charge in [0.2, 0.25) is 0 Å². The summed E-state index contributed by atoms with van der Waals surface area (Å²) in [5, 5.41) is 2.97.